The molecule has 3 aromatic heterocycles. The highest BCUT2D eigenvalue weighted by Crippen LogP contribution is 2.28. The van der Waals surface area contributed by atoms with E-state index >= 15 is 0 Å². The van der Waals surface area contributed by atoms with Crippen molar-refractivity contribution in [3.8, 4) is 17.1 Å². The lowest BCUT2D eigenvalue weighted by Crippen LogP contribution is -2.30. The van der Waals surface area contributed by atoms with E-state index in [0.717, 1.165) is 27.8 Å². The first-order valence-corrected chi connectivity index (χ1v) is 10.6. The van der Waals surface area contributed by atoms with Crippen molar-refractivity contribution in [2.24, 2.45) is 0 Å². The van der Waals surface area contributed by atoms with Gasteiger partial charge in [0.2, 0.25) is 0 Å². The first-order valence-electron chi connectivity index (χ1n) is 10.6. The van der Waals surface area contributed by atoms with Crippen LogP contribution in [0.2, 0.25) is 0 Å². The van der Waals surface area contributed by atoms with Gasteiger partial charge in [0, 0.05) is 24.6 Å². The molecule has 33 heavy (non-hydrogen) atoms. The van der Waals surface area contributed by atoms with Crippen LogP contribution >= 0.6 is 0 Å². The van der Waals surface area contributed by atoms with Crippen LogP contribution in [0, 0.1) is 6.92 Å². The summed E-state index contributed by atoms with van der Waals surface area (Å²) in [4.78, 5) is 33.7. The van der Waals surface area contributed by atoms with Gasteiger partial charge in [-0.05, 0) is 36.6 Å². The molecule has 2 aromatic carbocycles. The van der Waals surface area contributed by atoms with Crippen LogP contribution in [0.25, 0.3) is 28.1 Å². The normalized spacial score (nSPS) is 11.2. The van der Waals surface area contributed by atoms with Crippen LogP contribution in [0.15, 0.2) is 72.3 Å². The highest BCUT2D eigenvalue weighted by Gasteiger charge is 2.21. The highest BCUT2D eigenvalue weighted by molar-refractivity contribution is 5.86. The molecule has 5 rings (SSSR count). The first-order chi connectivity index (χ1) is 16.1. The third kappa shape index (κ3) is 4.01. The molecular formula is C24H23N7O2. The summed E-state index contributed by atoms with van der Waals surface area (Å²) in [6, 6.07) is 14.0. The number of imidazole rings is 2. The Labute approximate surface area is 189 Å². The van der Waals surface area contributed by atoms with Gasteiger partial charge in [0.05, 0.1) is 23.7 Å². The lowest BCUT2D eigenvalue weighted by Gasteiger charge is -2.22. The maximum absolute atomic E-state index is 12.9. The Bertz CT molecular complexity index is 1440. The number of aromatic nitrogens is 6. The van der Waals surface area contributed by atoms with Crippen molar-refractivity contribution < 1.29 is 5.11 Å². The molecule has 0 amide bonds. The molecule has 166 valence electrons. The van der Waals surface area contributed by atoms with Gasteiger partial charge in [0.15, 0.2) is 0 Å². The Balaban J connectivity index is 1.55. The summed E-state index contributed by atoms with van der Waals surface area (Å²) >= 11 is 0. The standard InChI is InChI=1S/C24H23N7O2/c1-16-11-18(30-10-8-25-14-30)12-19-21(16)29-22(28-19)20-23(26-13-27-24(20)33)31(15-32)9-7-17-5-3-2-4-6-17/h2-6,8,10-14,32H,7,9,15H2,1H3,(H,28,29)(H,26,27,33). The number of H-pyrrole nitrogens is 2. The Morgan fingerprint density at radius 2 is 2.03 bits per heavy atom. The number of hydrogen-bond donors (Lipinski definition) is 3. The van der Waals surface area contributed by atoms with Gasteiger partial charge in [0.25, 0.3) is 5.56 Å². The average molecular weight is 441 g/mol. The third-order valence-corrected chi connectivity index (χ3v) is 5.62. The van der Waals surface area contributed by atoms with Gasteiger partial charge in [-0.1, -0.05) is 30.3 Å². The smallest absolute Gasteiger partial charge is 0.263 e. The zero-order chi connectivity index (χ0) is 22.8. The largest absolute Gasteiger partial charge is 0.376 e. The first kappa shape index (κ1) is 20.7. The molecule has 0 saturated carbocycles. The van der Waals surface area contributed by atoms with E-state index in [4.69, 9.17) is 4.98 Å². The van der Waals surface area contributed by atoms with Crippen LogP contribution in [-0.4, -0.2) is 47.9 Å². The fourth-order valence-corrected chi connectivity index (χ4v) is 3.95. The van der Waals surface area contributed by atoms with E-state index < -0.39 is 0 Å². The second kappa shape index (κ2) is 8.71. The zero-order valence-corrected chi connectivity index (χ0v) is 18.1. The molecule has 0 atom stereocenters. The SMILES string of the molecule is Cc1cc(-n2ccnc2)cc2[nH]c(-c3c(N(CO)CCc4ccccc4)nc[nH]c3=O)nc12. The summed E-state index contributed by atoms with van der Waals surface area (Å²) < 4.78 is 1.91. The van der Waals surface area contributed by atoms with Gasteiger partial charge >= 0.3 is 0 Å². The number of hydrogen-bond acceptors (Lipinski definition) is 6. The van der Waals surface area contributed by atoms with E-state index in [-0.39, 0.29) is 12.3 Å². The fourth-order valence-electron chi connectivity index (χ4n) is 3.95. The van der Waals surface area contributed by atoms with Crippen molar-refractivity contribution in [3.05, 3.63) is 89.0 Å². The van der Waals surface area contributed by atoms with Crippen molar-refractivity contribution in [3.63, 3.8) is 0 Å². The summed E-state index contributed by atoms with van der Waals surface area (Å²) in [7, 11) is 0. The lowest BCUT2D eigenvalue weighted by molar-refractivity contribution is 0.290. The Morgan fingerprint density at radius 1 is 1.18 bits per heavy atom. The van der Waals surface area contributed by atoms with Crippen molar-refractivity contribution in [1.29, 1.82) is 0 Å². The number of nitrogens with one attached hydrogen (secondary N) is 2. The Kier molecular flexibility index (Phi) is 5.45. The highest BCUT2D eigenvalue weighted by atomic mass is 16.3. The van der Waals surface area contributed by atoms with Crippen molar-refractivity contribution >= 4 is 16.9 Å². The van der Waals surface area contributed by atoms with E-state index in [2.05, 4.69) is 19.9 Å². The number of aliphatic hydroxyl groups excluding tert-OH is 1. The van der Waals surface area contributed by atoms with Gasteiger partial charge in [-0.25, -0.2) is 15.0 Å². The molecule has 9 heteroatoms. The average Bonchev–Trinajstić information content (AvgIpc) is 3.51. The number of benzene rings is 2. The molecule has 0 unspecified atom stereocenters. The second-order valence-corrected chi connectivity index (χ2v) is 7.78. The lowest BCUT2D eigenvalue weighted by atomic mass is 10.1. The van der Waals surface area contributed by atoms with E-state index in [9.17, 15) is 9.90 Å². The maximum Gasteiger partial charge on any atom is 0.263 e. The Morgan fingerprint density at radius 3 is 2.79 bits per heavy atom. The van der Waals surface area contributed by atoms with Crippen molar-refractivity contribution in [2.75, 3.05) is 18.2 Å². The minimum Gasteiger partial charge on any atom is -0.376 e. The topological polar surface area (TPSA) is 116 Å². The zero-order valence-electron chi connectivity index (χ0n) is 18.1. The van der Waals surface area contributed by atoms with Gasteiger partial charge in [0.1, 0.15) is 23.9 Å². The molecule has 0 aliphatic carbocycles. The van der Waals surface area contributed by atoms with Gasteiger partial charge in [-0.15, -0.1) is 0 Å². The molecule has 0 fully saturated rings. The molecule has 5 aromatic rings. The molecule has 3 heterocycles. The van der Waals surface area contributed by atoms with E-state index in [0.29, 0.717) is 30.2 Å². The van der Waals surface area contributed by atoms with E-state index in [1.807, 2.05) is 60.2 Å². The number of fused-ring (bicyclic) bond motifs is 1. The molecule has 0 aliphatic rings. The number of rotatable bonds is 7. The van der Waals surface area contributed by atoms with Crippen LogP contribution in [0.3, 0.4) is 0 Å². The van der Waals surface area contributed by atoms with Gasteiger partial charge < -0.3 is 24.5 Å². The summed E-state index contributed by atoms with van der Waals surface area (Å²) in [5.41, 5.74) is 4.56. The minimum atomic E-state index is -0.329. The maximum atomic E-state index is 12.9. The molecule has 0 aliphatic heterocycles. The van der Waals surface area contributed by atoms with Crippen LogP contribution in [-0.2, 0) is 6.42 Å². The van der Waals surface area contributed by atoms with Gasteiger partial charge in [-0.2, -0.15) is 0 Å². The summed E-state index contributed by atoms with van der Waals surface area (Å²) in [6.45, 7) is 2.19. The predicted octanol–water partition coefficient (Wildman–Crippen LogP) is 2.81. The van der Waals surface area contributed by atoms with Gasteiger partial charge in [-0.3, -0.25) is 4.79 Å². The predicted molar refractivity (Wildman–Crippen MR) is 126 cm³/mol. The Hall–Kier alpha value is -4.24. The molecule has 0 spiro atoms. The molecule has 9 nitrogen and oxygen atoms in total. The minimum absolute atomic E-state index is 0.277. The molecule has 3 N–H and O–H groups in total. The summed E-state index contributed by atoms with van der Waals surface area (Å²) in [5.74, 6) is 0.780. The van der Waals surface area contributed by atoms with E-state index in [1.165, 1.54) is 6.33 Å². The number of aryl methyl sites for hydroxylation is 1. The summed E-state index contributed by atoms with van der Waals surface area (Å²) in [5, 5.41) is 10.1. The van der Waals surface area contributed by atoms with Crippen LogP contribution < -0.4 is 10.5 Å². The quantitative estimate of drug-likeness (QED) is 0.335. The van der Waals surface area contributed by atoms with Crippen molar-refractivity contribution in [2.45, 2.75) is 13.3 Å². The van der Waals surface area contributed by atoms with Crippen molar-refractivity contribution in [1.82, 2.24) is 29.5 Å². The number of anilines is 1. The van der Waals surface area contributed by atoms with Crippen LogP contribution in [0.1, 0.15) is 11.1 Å². The third-order valence-electron chi connectivity index (χ3n) is 5.62. The van der Waals surface area contributed by atoms with Crippen LogP contribution in [0.5, 0.6) is 0 Å². The summed E-state index contributed by atoms with van der Waals surface area (Å²) in [6.07, 6.45) is 7.36. The fraction of sp³-hybridized carbons (Fsp3) is 0.167. The van der Waals surface area contributed by atoms with E-state index in [1.54, 1.807) is 17.4 Å². The molecule has 0 saturated heterocycles. The molecule has 0 radical (unpaired) electrons. The second-order valence-electron chi connectivity index (χ2n) is 7.78. The molecule has 0 bridgehead atoms. The number of nitrogens with zero attached hydrogens (tertiary/aromatic N) is 5. The van der Waals surface area contributed by atoms with Crippen LogP contribution in [0.4, 0.5) is 5.82 Å². The molecular weight excluding hydrogens is 418 g/mol. The monoisotopic (exact) mass is 441 g/mol. The number of aliphatic hydroxyl groups is 1. The number of aromatic amines is 2.